The molecule has 0 atom stereocenters. The van der Waals surface area contributed by atoms with Crippen molar-refractivity contribution in [1.82, 2.24) is 20.3 Å². The zero-order valence-corrected chi connectivity index (χ0v) is 16.0. The average molecular weight is 412 g/mol. The van der Waals surface area contributed by atoms with E-state index in [1.807, 2.05) is 0 Å². The van der Waals surface area contributed by atoms with Crippen LogP contribution in [0.1, 0.15) is 34.5 Å². The van der Waals surface area contributed by atoms with Crippen molar-refractivity contribution in [3.05, 3.63) is 41.1 Å². The molecule has 0 saturated carbocycles. The van der Waals surface area contributed by atoms with E-state index in [2.05, 4.69) is 25.0 Å². The predicted octanol–water partition coefficient (Wildman–Crippen LogP) is 2.19. The lowest BCUT2D eigenvalue weighted by molar-refractivity contribution is -0.154. The molecule has 0 aliphatic carbocycles. The van der Waals surface area contributed by atoms with Gasteiger partial charge in [0.2, 0.25) is 0 Å². The van der Waals surface area contributed by atoms with Gasteiger partial charge in [0.25, 0.3) is 11.8 Å². The molecule has 0 bridgehead atoms. The van der Waals surface area contributed by atoms with Gasteiger partial charge in [-0.15, -0.1) is 0 Å². The Morgan fingerprint density at radius 2 is 1.93 bits per heavy atom. The predicted molar refractivity (Wildman–Crippen MR) is 94.7 cm³/mol. The number of hydrogen-bond donors (Lipinski definition) is 1. The molecule has 0 saturated heterocycles. The summed E-state index contributed by atoms with van der Waals surface area (Å²) in [7, 11) is 1.26. The van der Waals surface area contributed by atoms with Gasteiger partial charge in [0.05, 0.1) is 13.5 Å². The number of Topliss-reactive ketones (excluding diaryl/α,β-unsaturated/α-hetero) is 1. The summed E-state index contributed by atoms with van der Waals surface area (Å²) < 4.78 is 46.4. The fourth-order valence-electron chi connectivity index (χ4n) is 2.30. The number of nitrogens with zero attached hydrogens (tertiary/aromatic N) is 3. The first-order valence-electron chi connectivity index (χ1n) is 8.42. The Morgan fingerprint density at radius 3 is 2.55 bits per heavy atom. The maximum absolute atomic E-state index is 12.4. The molecule has 0 radical (unpaired) electrons. The van der Waals surface area contributed by atoms with E-state index >= 15 is 0 Å². The van der Waals surface area contributed by atoms with E-state index in [9.17, 15) is 22.8 Å². The van der Waals surface area contributed by atoms with Gasteiger partial charge in [0, 0.05) is 18.4 Å². The third-order valence-corrected chi connectivity index (χ3v) is 3.46. The Bertz CT molecular complexity index is 903. The summed E-state index contributed by atoms with van der Waals surface area (Å²) in [6.07, 6.45) is -3.22. The van der Waals surface area contributed by atoms with Crippen molar-refractivity contribution in [3.8, 4) is 11.6 Å². The van der Waals surface area contributed by atoms with Crippen molar-refractivity contribution in [1.29, 1.82) is 0 Å². The van der Waals surface area contributed by atoms with Gasteiger partial charge in [-0.05, 0) is 31.5 Å². The van der Waals surface area contributed by atoms with E-state index in [0.717, 1.165) is 0 Å². The monoisotopic (exact) mass is 412 g/mol. The SMILES string of the molecule is COc1cc(CNC(=O)c2cc(C)nc(CC(C)=O)n2)cnc1OCC(F)(F)F. The summed E-state index contributed by atoms with van der Waals surface area (Å²) in [6.45, 7) is 1.60. The minimum atomic E-state index is -4.50. The first-order chi connectivity index (χ1) is 13.6. The van der Waals surface area contributed by atoms with Crippen LogP contribution in [-0.4, -0.2) is 46.5 Å². The van der Waals surface area contributed by atoms with E-state index < -0.39 is 18.7 Å². The van der Waals surface area contributed by atoms with Crippen LogP contribution in [0, 0.1) is 6.92 Å². The van der Waals surface area contributed by atoms with Gasteiger partial charge in [-0.25, -0.2) is 15.0 Å². The number of halogens is 3. The smallest absolute Gasteiger partial charge is 0.422 e. The van der Waals surface area contributed by atoms with Crippen LogP contribution in [-0.2, 0) is 17.8 Å². The molecular formula is C18H19F3N4O4. The van der Waals surface area contributed by atoms with Crippen LogP contribution in [0.4, 0.5) is 13.2 Å². The number of methoxy groups -OCH3 is 1. The maximum atomic E-state index is 12.4. The standard InChI is InChI=1S/C18H19F3N4O4/c1-10-4-13(25-15(24-10)5-11(2)26)16(27)22-7-12-6-14(28-3)17(23-8-12)29-9-18(19,20)21/h4,6,8H,5,7,9H2,1-3H3,(H,22,27). The third-order valence-electron chi connectivity index (χ3n) is 3.46. The van der Waals surface area contributed by atoms with E-state index in [1.165, 1.54) is 32.4 Å². The van der Waals surface area contributed by atoms with Gasteiger partial charge in [-0.2, -0.15) is 13.2 Å². The quantitative estimate of drug-likeness (QED) is 0.709. The van der Waals surface area contributed by atoms with Crippen molar-refractivity contribution < 1.29 is 32.2 Å². The molecule has 0 fully saturated rings. The number of carbonyl (C=O) groups is 2. The lowest BCUT2D eigenvalue weighted by Crippen LogP contribution is -2.25. The van der Waals surface area contributed by atoms with Crippen LogP contribution in [0.5, 0.6) is 11.6 Å². The molecule has 0 aromatic carbocycles. The molecule has 2 heterocycles. The second-order valence-corrected chi connectivity index (χ2v) is 6.13. The summed E-state index contributed by atoms with van der Waals surface area (Å²) in [6, 6.07) is 2.89. The van der Waals surface area contributed by atoms with Crippen LogP contribution in [0.3, 0.4) is 0 Å². The average Bonchev–Trinajstić information content (AvgIpc) is 2.62. The number of aromatic nitrogens is 3. The molecule has 29 heavy (non-hydrogen) atoms. The lowest BCUT2D eigenvalue weighted by Gasteiger charge is -2.13. The van der Waals surface area contributed by atoms with Crippen molar-refractivity contribution in [3.63, 3.8) is 0 Å². The molecule has 0 spiro atoms. The van der Waals surface area contributed by atoms with Crippen molar-refractivity contribution >= 4 is 11.7 Å². The summed E-state index contributed by atoms with van der Waals surface area (Å²) in [5.74, 6) is -0.690. The molecule has 0 aliphatic rings. The van der Waals surface area contributed by atoms with Crippen LogP contribution < -0.4 is 14.8 Å². The van der Waals surface area contributed by atoms with Crippen LogP contribution >= 0.6 is 0 Å². The highest BCUT2D eigenvalue weighted by Gasteiger charge is 2.29. The van der Waals surface area contributed by atoms with Crippen LogP contribution in [0.2, 0.25) is 0 Å². The van der Waals surface area contributed by atoms with Gasteiger partial charge in [-0.1, -0.05) is 0 Å². The minimum absolute atomic E-state index is 0.00243. The molecule has 1 N–H and O–H groups in total. The van der Waals surface area contributed by atoms with Crippen LogP contribution in [0.25, 0.3) is 0 Å². The minimum Gasteiger partial charge on any atom is -0.491 e. The molecule has 2 aromatic heterocycles. The number of rotatable bonds is 8. The zero-order chi connectivity index (χ0) is 21.6. The Labute approximate surface area is 164 Å². The highest BCUT2D eigenvalue weighted by Crippen LogP contribution is 2.27. The zero-order valence-electron chi connectivity index (χ0n) is 16.0. The van der Waals surface area contributed by atoms with Crippen LogP contribution in [0.15, 0.2) is 18.3 Å². The molecule has 8 nitrogen and oxygen atoms in total. The Kier molecular flexibility index (Phi) is 7.08. The lowest BCUT2D eigenvalue weighted by atomic mass is 10.2. The topological polar surface area (TPSA) is 103 Å². The second kappa shape index (κ2) is 9.30. The maximum Gasteiger partial charge on any atom is 0.422 e. The number of alkyl halides is 3. The van der Waals surface area contributed by atoms with E-state index in [0.29, 0.717) is 11.3 Å². The number of hydrogen-bond acceptors (Lipinski definition) is 7. The van der Waals surface area contributed by atoms with E-state index in [1.54, 1.807) is 6.92 Å². The summed E-state index contributed by atoms with van der Waals surface area (Å²) in [4.78, 5) is 35.6. The van der Waals surface area contributed by atoms with Gasteiger partial charge < -0.3 is 14.8 Å². The molecule has 11 heteroatoms. The number of pyridine rings is 1. The normalized spacial score (nSPS) is 11.1. The molecule has 0 unspecified atom stereocenters. The Balaban J connectivity index is 2.06. The summed E-state index contributed by atoms with van der Waals surface area (Å²) >= 11 is 0. The Morgan fingerprint density at radius 1 is 1.21 bits per heavy atom. The fourth-order valence-corrected chi connectivity index (χ4v) is 2.30. The number of carbonyl (C=O) groups excluding carboxylic acids is 2. The molecule has 156 valence electrons. The van der Waals surface area contributed by atoms with Crippen molar-refractivity contribution in [2.24, 2.45) is 0 Å². The molecular weight excluding hydrogens is 393 g/mol. The van der Waals surface area contributed by atoms with Crippen molar-refractivity contribution in [2.75, 3.05) is 13.7 Å². The molecule has 2 rings (SSSR count). The first-order valence-corrected chi connectivity index (χ1v) is 8.42. The number of ether oxygens (including phenoxy) is 2. The highest BCUT2D eigenvalue weighted by molar-refractivity contribution is 5.92. The van der Waals surface area contributed by atoms with E-state index in [4.69, 9.17) is 4.74 Å². The van der Waals surface area contributed by atoms with Gasteiger partial charge in [0.1, 0.15) is 17.3 Å². The largest absolute Gasteiger partial charge is 0.491 e. The second-order valence-electron chi connectivity index (χ2n) is 6.13. The van der Waals surface area contributed by atoms with Gasteiger partial charge in [0.15, 0.2) is 12.4 Å². The molecule has 1 amide bonds. The number of ketones is 1. The van der Waals surface area contributed by atoms with Gasteiger partial charge >= 0.3 is 6.18 Å². The Hall–Kier alpha value is -3.24. The highest BCUT2D eigenvalue weighted by atomic mass is 19.4. The third kappa shape index (κ3) is 7.01. The number of amides is 1. The first kappa shape index (κ1) is 22.1. The fraction of sp³-hybridized carbons (Fsp3) is 0.389. The molecule has 0 aliphatic heterocycles. The summed E-state index contributed by atoms with van der Waals surface area (Å²) in [5, 5.41) is 2.62. The van der Waals surface area contributed by atoms with E-state index in [-0.39, 0.29) is 41.9 Å². The molecule has 2 aromatic rings. The van der Waals surface area contributed by atoms with Crippen molar-refractivity contribution in [2.45, 2.75) is 33.0 Å². The summed E-state index contributed by atoms with van der Waals surface area (Å²) in [5.41, 5.74) is 1.11. The number of nitrogens with one attached hydrogen (secondary N) is 1. The number of aryl methyl sites for hydroxylation is 1. The van der Waals surface area contributed by atoms with Gasteiger partial charge in [-0.3, -0.25) is 9.59 Å².